The second-order valence-electron chi connectivity index (χ2n) is 5.28. The van der Waals surface area contributed by atoms with Crippen LogP contribution in [0.1, 0.15) is 20.7 Å². The predicted octanol–water partition coefficient (Wildman–Crippen LogP) is 6.68. The molecule has 0 aliphatic heterocycles. The van der Waals surface area contributed by atoms with Crippen LogP contribution in [0.3, 0.4) is 0 Å². The normalized spacial score (nSPS) is 13.7. The number of halogens is 3. The van der Waals surface area contributed by atoms with Gasteiger partial charge < -0.3 is 0 Å². The van der Waals surface area contributed by atoms with Gasteiger partial charge in [0.2, 0.25) is 0 Å². The first-order chi connectivity index (χ1) is 11.1. The molecule has 0 N–H and O–H groups in total. The largest absolute Gasteiger partial charge is 0.293 e. The molecule has 3 rings (SSSR count). The number of hydrogen-bond donors (Lipinski definition) is 0. The molecule has 0 heterocycles. The molecule has 0 aliphatic carbocycles. The van der Waals surface area contributed by atoms with Crippen molar-refractivity contribution < 1.29 is 4.79 Å². The summed E-state index contributed by atoms with van der Waals surface area (Å²) in [4.78, 5) is 12.2. The minimum atomic E-state index is -0.329. The molecule has 2 unspecified atom stereocenters. The van der Waals surface area contributed by atoms with Crippen molar-refractivity contribution in [2.75, 3.05) is 0 Å². The summed E-state index contributed by atoms with van der Waals surface area (Å²) in [5.41, 5.74) is 1.77. The van der Waals surface area contributed by atoms with Crippen LogP contribution in [0.15, 0.2) is 71.2 Å². The zero-order valence-corrected chi connectivity index (χ0v) is 16.8. The number of carbonyl (C=O) groups is 1. The maximum Gasteiger partial charge on any atom is 0.177 e. The molecular formula is C19H13Br3O. The number of ketones is 1. The van der Waals surface area contributed by atoms with Crippen LogP contribution in [0.25, 0.3) is 10.8 Å². The van der Waals surface area contributed by atoms with Crippen LogP contribution >= 0.6 is 47.8 Å². The van der Waals surface area contributed by atoms with Crippen molar-refractivity contribution in [3.8, 4) is 0 Å². The highest BCUT2D eigenvalue weighted by molar-refractivity contribution is 9.12. The van der Waals surface area contributed by atoms with Gasteiger partial charge in [0.15, 0.2) is 5.78 Å². The van der Waals surface area contributed by atoms with Crippen molar-refractivity contribution in [3.05, 3.63) is 82.3 Å². The number of carbonyl (C=O) groups excluding carboxylic acids is 1. The Morgan fingerprint density at radius 2 is 1.48 bits per heavy atom. The van der Waals surface area contributed by atoms with E-state index in [1.807, 2.05) is 36.4 Å². The fourth-order valence-electron chi connectivity index (χ4n) is 2.45. The molecule has 0 bridgehead atoms. The molecule has 0 radical (unpaired) electrons. The smallest absolute Gasteiger partial charge is 0.177 e. The minimum Gasteiger partial charge on any atom is -0.293 e. The van der Waals surface area contributed by atoms with Gasteiger partial charge in [-0.2, -0.15) is 0 Å². The third kappa shape index (κ3) is 3.76. The SMILES string of the molecule is O=C(c1ccc(Br)cc1)C(Br)C(Br)c1ccc2ccccc2c1. The molecule has 0 saturated carbocycles. The Morgan fingerprint density at radius 1 is 0.826 bits per heavy atom. The summed E-state index contributed by atoms with van der Waals surface area (Å²) in [6.07, 6.45) is 0. The van der Waals surface area contributed by atoms with Gasteiger partial charge in [-0.25, -0.2) is 0 Å². The van der Waals surface area contributed by atoms with Crippen LogP contribution in [-0.2, 0) is 0 Å². The lowest BCUT2D eigenvalue weighted by Gasteiger charge is -2.17. The standard InChI is InChI=1S/C19H13Br3O/c20-16-9-7-13(8-10-16)19(23)18(22)17(21)15-6-5-12-3-1-2-4-14(12)11-15/h1-11,17-18H. The van der Waals surface area contributed by atoms with Crippen molar-refractivity contribution in [1.82, 2.24) is 0 Å². The quantitative estimate of drug-likeness (QED) is 0.290. The van der Waals surface area contributed by atoms with Crippen LogP contribution in [0, 0.1) is 0 Å². The number of Topliss-reactive ketones (excluding diaryl/α,β-unsaturated/α-hetero) is 1. The number of hydrogen-bond acceptors (Lipinski definition) is 1. The molecule has 0 saturated heterocycles. The summed E-state index contributed by atoms with van der Waals surface area (Å²) < 4.78 is 0.963. The maximum atomic E-state index is 12.6. The number of alkyl halides is 2. The monoisotopic (exact) mass is 494 g/mol. The third-order valence-corrected chi connectivity index (χ3v) is 6.97. The summed E-state index contributed by atoms with van der Waals surface area (Å²) >= 11 is 10.6. The maximum absolute atomic E-state index is 12.6. The van der Waals surface area contributed by atoms with E-state index in [0.29, 0.717) is 5.56 Å². The molecule has 4 heteroatoms. The van der Waals surface area contributed by atoms with Gasteiger partial charge in [-0.3, -0.25) is 4.79 Å². The second kappa shape index (κ2) is 7.29. The Kier molecular flexibility index (Phi) is 5.34. The van der Waals surface area contributed by atoms with Gasteiger partial charge in [0.05, 0.1) is 9.65 Å². The highest BCUT2D eigenvalue weighted by Crippen LogP contribution is 2.34. The predicted molar refractivity (Wildman–Crippen MR) is 107 cm³/mol. The zero-order valence-electron chi connectivity index (χ0n) is 12.0. The van der Waals surface area contributed by atoms with Crippen molar-refractivity contribution in [1.29, 1.82) is 0 Å². The minimum absolute atomic E-state index is 0.0625. The molecule has 0 spiro atoms. The van der Waals surface area contributed by atoms with Crippen LogP contribution in [-0.4, -0.2) is 10.6 Å². The molecule has 0 amide bonds. The van der Waals surface area contributed by atoms with E-state index in [-0.39, 0.29) is 15.4 Å². The van der Waals surface area contributed by atoms with Crippen LogP contribution in [0.4, 0.5) is 0 Å². The van der Waals surface area contributed by atoms with Gasteiger partial charge >= 0.3 is 0 Å². The first kappa shape index (κ1) is 16.9. The molecule has 2 atom stereocenters. The van der Waals surface area contributed by atoms with Crippen LogP contribution < -0.4 is 0 Å². The Labute approximate surface area is 160 Å². The lowest BCUT2D eigenvalue weighted by Crippen LogP contribution is -2.19. The summed E-state index contributed by atoms with van der Waals surface area (Å²) in [7, 11) is 0. The fraction of sp³-hybridized carbons (Fsp3) is 0.105. The Hall–Kier alpha value is -0.970. The van der Waals surface area contributed by atoms with E-state index < -0.39 is 0 Å². The summed E-state index contributed by atoms with van der Waals surface area (Å²) in [6, 6.07) is 21.9. The van der Waals surface area contributed by atoms with Crippen molar-refractivity contribution in [2.45, 2.75) is 9.65 Å². The first-order valence-electron chi connectivity index (χ1n) is 7.13. The first-order valence-corrected chi connectivity index (χ1v) is 9.75. The van der Waals surface area contributed by atoms with Gasteiger partial charge in [0.1, 0.15) is 0 Å². The lowest BCUT2D eigenvalue weighted by molar-refractivity contribution is 0.0991. The van der Waals surface area contributed by atoms with E-state index in [4.69, 9.17) is 0 Å². The molecule has 0 aliphatic rings. The molecule has 3 aromatic rings. The second-order valence-corrected chi connectivity index (χ2v) is 8.17. The highest BCUT2D eigenvalue weighted by atomic mass is 79.9. The van der Waals surface area contributed by atoms with Gasteiger partial charge in [-0.15, -0.1) is 0 Å². The number of rotatable bonds is 4. The van der Waals surface area contributed by atoms with Gasteiger partial charge in [0, 0.05) is 10.0 Å². The summed E-state index contributed by atoms with van der Waals surface area (Å²) in [5.74, 6) is 0.0625. The Bertz CT molecular complexity index is 843. The number of fused-ring (bicyclic) bond motifs is 1. The molecule has 23 heavy (non-hydrogen) atoms. The zero-order chi connectivity index (χ0) is 16.4. The third-order valence-electron chi connectivity index (χ3n) is 3.73. The molecular weight excluding hydrogens is 484 g/mol. The van der Waals surface area contributed by atoms with Gasteiger partial charge in [-0.1, -0.05) is 96.3 Å². The fourth-order valence-corrected chi connectivity index (χ4v) is 3.81. The summed E-state index contributed by atoms with van der Waals surface area (Å²) in [5, 5.41) is 2.37. The van der Waals surface area contributed by atoms with Crippen molar-refractivity contribution >= 4 is 64.3 Å². The van der Waals surface area contributed by atoms with Crippen LogP contribution in [0.2, 0.25) is 0 Å². The average Bonchev–Trinajstić information content (AvgIpc) is 2.60. The van der Waals surface area contributed by atoms with E-state index in [1.165, 1.54) is 10.8 Å². The summed E-state index contributed by atoms with van der Waals surface area (Å²) in [6.45, 7) is 0. The Balaban J connectivity index is 1.86. The van der Waals surface area contributed by atoms with E-state index in [0.717, 1.165) is 10.0 Å². The van der Waals surface area contributed by atoms with Gasteiger partial charge in [0.25, 0.3) is 0 Å². The van der Waals surface area contributed by atoms with E-state index in [1.54, 1.807) is 0 Å². The van der Waals surface area contributed by atoms with Crippen molar-refractivity contribution in [2.24, 2.45) is 0 Å². The van der Waals surface area contributed by atoms with E-state index in [9.17, 15) is 4.79 Å². The van der Waals surface area contributed by atoms with Crippen molar-refractivity contribution in [3.63, 3.8) is 0 Å². The Morgan fingerprint density at radius 3 is 2.17 bits per heavy atom. The average molecular weight is 497 g/mol. The van der Waals surface area contributed by atoms with E-state index >= 15 is 0 Å². The van der Waals surface area contributed by atoms with Crippen LogP contribution in [0.5, 0.6) is 0 Å². The topological polar surface area (TPSA) is 17.1 Å². The molecule has 0 aromatic heterocycles. The molecule has 1 nitrogen and oxygen atoms in total. The lowest BCUT2D eigenvalue weighted by atomic mass is 10.00. The highest BCUT2D eigenvalue weighted by Gasteiger charge is 2.26. The molecule has 3 aromatic carbocycles. The molecule has 0 fully saturated rings. The van der Waals surface area contributed by atoms with Gasteiger partial charge in [-0.05, 0) is 34.5 Å². The van der Waals surface area contributed by atoms with E-state index in [2.05, 4.69) is 78.1 Å². The number of benzene rings is 3. The molecule has 116 valence electrons.